The van der Waals surface area contributed by atoms with Crippen LogP contribution in [0.25, 0.3) is 0 Å². The Balaban J connectivity index is 1.82. The highest BCUT2D eigenvalue weighted by atomic mass is 16.3. The molecule has 2 nitrogen and oxygen atoms in total. The number of fused-ring (bicyclic) bond motifs is 1. The second-order valence-electron chi connectivity index (χ2n) is 5.92. The van der Waals surface area contributed by atoms with Crippen molar-refractivity contribution in [2.24, 2.45) is 5.41 Å². The van der Waals surface area contributed by atoms with Crippen molar-refractivity contribution in [1.82, 2.24) is 4.90 Å². The third-order valence-corrected chi connectivity index (χ3v) is 4.63. The quantitative estimate of drug-likeness (QED) is 0.799. The average Bonchev–Trinajstić information content (AvgIpc) is 2.70. The van der Waals surface area contributed by atoms with Crippen LogP contribution in [-0.4, -0.2) is 30.1 Å². The lowest BCUT2D eigenvalue weighted by Gasteiger charge is -2.37. The van der Waals surface area contributed by atoms with Gasteiger partial charge in [-0.3, -0.25) is 0 Å². The molecule has 0 bridgehead atoms. The van der Waals surface area contributed by atoms with Gasteiger partial charge >= 0.3 is 0 Å². The summed E-state index contributed by atoms with van der Waals surface area (Å²) in [6.07, 6.45) is 5.13. The smallest absolute Gasteiger partial charge is 0.0681 e. The number of benzene rings is 1. The Kier molecular flexibility index (Phi) is 2.72. The van der Waals surface area contributed by atoms with Crippen molar-refractivity contribution in [2.45, 2.75) is 32.3 Å². The van der Waals surface area contributed by atoms with Gasteiger partial charge in [0.15, 0.2) is 0 Å². The third kappa shape index (κ3) is 2.00. The number of piperidine rings is 1. The van der Waals surface area contributed by atoms with Gasteiger partial charge in [0, 0.05) is 0 Å². The van der Waals surface area contributed by atoms with E-state index in [4.69, 9.17) is 0 Å². The first-order valence-corrected chi connectivity index (χ1v) is 6.61. The van der Waals surface area contributed by atoms with E-state index in [1.54, 1.807) is 0 Å². The molecule has 17 heavy (non-hydrogen) atoms. The summed E-state index contributed by atoms with van der Waals surface area (Å²) in [5.74, 6) is 0. The van der Waals surface area contributed by atoms with Gasteiger partial charge in [-0.15, -0.1) is 0 Å². The van der Waals surface area contributed by atoms with Gasteiger partial charge in [-0.1, -0.05) is 18.2 Å². The molecule has 1 spiro atoms. The molecular weight excluding hydrogens is 210 g/mol. The van der Waals surface area contributed by atoms with Gasteiger partial charge in [0.25, 0.3) is 0 Å². The highest BCUT2D eigenvalue weighted by molar-refractivity contribution is 5.38. The fraction of sp³-hybridized carbons (Fsp3) is 0.600. The minimum Gasteiger partial charge on any atom is -0.392 e. The van der Waals surface area contributed by atoms with Crippen LogP contribution in [0.4, 0.5) is 0 Å². The van der Waals surface area contributed by atoms with Gasteiger partial charge in [-0.25, -0.2) is 0 Å². The van der Waals surface area contributed by atoms with Gasteiger partial charge in [-0.05, 0) is 67.9 Å². The summed E-state index contributed by atoms with van der Waals surface area (Å²) in [6, 6.07) is 6.52. The van der Waals surface area contributed by atoms with Gasteiger partial charge in [-0.2, -0.15) is 0 Å². The molecule has 0 radical (unpaired) electrons. The van der Waals surface area contributed by atoms with Crippen molar-refractivity contribution in [3.05, 3.63) is 34.9 Å². The summed E-state index contributed by atoms with van der Waals surface area (Å²) in [5, 5.41) is 9.20. The van der Waals surface area contributed by atoms with E-state index in [1.807, 2.05) is 0 Å². The Hall–Kier alpha value is -0.860. The van der Waals surface area contributed by atoms with Gasteiger partial charge in [0.05, 0.1) is 6.61 Å². The Morgan fingerprint density at radius 1 is 1.18 bits per heavy atom. The average molecular weight is 231 g/mol. The first kappa shape index (κ1) is 11.2. The highest BCUT2D eigenvalue weighted by Gasteiger charge is 2.39. The summed E-state index contributed by atoms with van der Waals surface area (Å²) in [4.78, 5) is 2.44. The molecule has 1 aromatic rings. The van der Waals surface area contributed by atoms with Crippen LogP contribution in [0.3, 0.4) is 0 Å². The second-order valence-corrected chi connectivity index (χ2v) is 5.92. The lowest BCUT2D eigenvalue weighted by Crippen LogP contribution is -2.38. The molecule has 1 heterocycles. The molecule has 1 aromatic carbocycles. The summed E-state index contributed by atoms with van der Waals surface area (Å²) < 4.78 is 0. The van der Waals surface area contributed by atoms with E-state index in [9.17, 15) is 5.11 Å². The molecule has 92 valence electrons. The molecule has 2 aliphatic rings. The molecule has 0 saturated carbocycles. The zero-order chi connectivity index (χ0) is 11.9. The van der Waals surface area contributed by atoms with E-state index >= 15 is 0 Å². The van der Waals surface area contributed by atoms with E-state index in [0.29, 0.717) is 5.41 Å². The van der Waals surface area contributed by atoms with E-state index in [0.717, 1.165) is 5.56 Å². The molecule has 0 atom stereocenters. The zero-order valence-corrected chi connectivity index (χ0v) is 10.6. The van der Waals surface area contributed by atoms with Crippen LogP contribution in [0.1, 0.15) is 29.5 Å². The number of aliphatic hydroxyl groups excluding tert-OH is 1. The predicted molar refractivity (Wildman–Crippen MR) is 68.9 cm³/mol. The zero-order valence-electron chi connectivity index (χ0n) is 10.6. The van der Waals surface area contributed by atoms with Crippen LogP contribution in [0.2, 0.25) is 0 Å². The number of nitrogens with zero attached hydrogens (tertiary/aromatic N) is 1. The minimum atomic E-state index is 0.170. The monoisotopic (exact) mass is 231 g/mol. The van der Waals surface area contributed by atoms with E-state index in [2.05, 4.69) is 30.1 Å². The Morgan fingerprint density at radius 2 is 1.88 bits per heavy atom. The highest BCUT2D eigenvalue weighted by Crippen LogP contribution is 2.44. The Labute approximate surface area is 103 Å². The maximum Gasteiger partial charge on any atom is 0.0681 e. The molecule has 0 aromatic heterocycles. The molecule has 1 saturated heterocycles. The summed E-state index contributed by atoms with van der Waals surface area (Å²) in [7, 11) is 2.22. The van der Waals surface area contributed by atoms with Crippen molar-refractivity contribution in [1.29, 1.82) is 0 Å². The largest absolute Gasteiger partial charge is 0.392 e. The minimum absolute atomic E-state index is 0.170. The fourth-order valence-corrected chi connectivity index (χ4v) is 3.43. The topological polar surface area (TPSA) is 23.5 Å². The van der Waals surface area contributed by atoms with Crippen molar-refractivity contribution >= 4 is 0 Å². The first-order chi connectivity index (χ1) is 8.21. The van der Waals surface area contributed by atoms with E-state index < -0.39 is 0 Å². The predicted octanol–water partition coefficient (Wildman–Crippen LogP) is 1.99. The van der Waals surface area contributed by atoms with Crippen molar-refractivity contribution in [3.63, 3.8) is 0 Å². The fourth-order valence-electron chi connectivity index (χ4n) is 3.43. The standard InChI is InChI=1S/C15H21NO/c1-16-6-4-15(5-7-16)9-13-3-2-12(11-17)8-14(13)10-15/h2-3,8,17H,4-7,9-11H2,1H3. The van der Waals surface area contributed by atoms with Gasteiger partial charge in [0.2, 0.25) is 0 Å². The third-order valence-electron chi connectivity index (χ3n) is 4.63. The maximum atomic E-state index is 9.20. The van der Waals surface area contributed by atoms with Crippen molar-refractivity contribution < 1.29 is 5.11 Å². The Bertz CT molecular complexity index is 419. The normalized spacial score (nSPS) is 22.9. The van der Waals surface area contributed by atoms with Crippen LogP contribution in [0.15, 0.2) is 18.2 Å². The number of hydrogen-bond acceptors (Lipinski definition) is 2. The number of rotatable bonds is 1. The molecule has 1 N–H and O–H groups in total. The summed E-state index contributed by atoms with van der Waals surface area (Å²) >= 11 is 0. The molecule has 3 rings (SSSR count). The maximum absolute atomic E-state index is 9.20. The Morgan fingerprint density at radius 3 is 2.59 bits per heavy atom. The molecule has 0 amide bonds. The molecule has 1 aliphatic heterocycles. The van der Waals surface area contributed by atoms with Crippen molar-refractivity contribution in [2.75, 3.05) is 20.1 Å². The van der Waals surface area contributed by atoms with Crippen molar-refractivity contribution in [3.8, 4) is 0 Å². The van der Waals surface area contributed by atoms with Crippen LogP contribution >= 0.6 is 0 Å². The molecular formula is C15H21NO. The number of likely N-dealkylation sites (tertiary alicyclic amines) is 1. The van der Waals surface area contributed by atoms with Gasteiger partial charge < -0.3 is 10.0 Å². The second kappa shape index (κ2) is 4.11. The van der Waals surface area contributed by atoms with E-state index in [1.165, 1.54) is 49.9 Å². The summed E-state index contributed by atoms with van der Waals surface area (Å²) in [6.45, 7) is 2.64. The van der Waals surface area contributed by atoms with E-state index in [-0.39, 0.29) is 6.61 Å². The number of aliphatic hydroxyl groups is 1. The van der Waals surface area contributed by atoms with Gasteiger partial charge in [0.1, 0.15) is 0 Å². The lowest BCUT2D eigenvalue weighted by atomic mass is 9.76. The SMILES string of the molecule is CN1CCC2(CC1)Cc1ccc(CO)cc1C2. The molecule has 2 heteroatoms. The van der Waals surface area contributed by atoms with Crippen LogP contribution < -0.4 is 0 Å². The van der Waals surface area contributed by atoms with Crippen LogP contribution in [0, 0.1) is 5.41 Å². The molecule has 1 aliphatic carbocycles. The molecule has 0 unspecified atom stereocenters. The summed E-state index contributed by atoms with van der Waals surface area (Å²) in [5.41, 5.74) is 4.60. The van der Waals surface area contributed by atoms with Crippen LogP contribution in [0.5, 0.6) is 0 Å². The molecule has 1 fully saturated rings. The van der Waals surface area contributed by atoms with Crippen LogP contribution in [-0.2, 0) is 19.4 Å². The number of hydrogen-bond donors (Lipinski definition) is 1. The lowest BCUT2D eigenvalue weighted by molar-refractivity contribution is 0.131. The first-order valence-electron chi connectivity index (χ1n) is 6.61.